The molecule has 0 aliphatic carbocycles. The van der Waals surface area contributed by atoms with Crippen LogP contribution in [0.3, 0.4) is 0 Å². The fourth-order valence-electron chi connectivity index (χ4n) is 2.52. The van der Waals surface area contributed by atoms with Gasteiger partial charge in [0.1, 0.15) is 18.1 Å². The van der Waals surface area contributed by atoms with Gasteiger partial charge in [0, 0.05) is 18.3 Å². The average Bonchev–Trinajstić information content (AvgIpc) is 3.21. The van der Waals surface area contributed by atoms with Crippen LogP contribution in [-0.2, 0) is 25.6 Å². The highest BCUT2D eigenvalue weighted by molar-refractivity contribution is 7.98. The maximum atomic E-state index is 12.5. The van der Waals surface area contributed by atoms with Gasteiger partial charge in [0.05, 0.1) is 18.5 Å². The minimum absolute atomic E-state index is 0.0258. The number of rotatable bonds is 13. The number of nitrogens with two attached hydrogens (primary N) is 1. The number of carboxylic acids is 1. The Balaban J connectivity index is 2.69. The molecular weight excluding hydrogens is 428 g/mol. The molecule has 1 rings (SSSR count). The summed E-state index contributed by atoms with van der Waals surface area (Å²) < 4.78 is 0. The molecule has 5 unspecified atom stereocenters. The second-order valence-corrected chi connectivity index (χ2v) is 8.01. The number of thioether (sulfide) groups is 1. The van der Waals surface area contributed by atoms with E-state index < -0.39 is 54.0 Å². The molecule has 0 radical (unpaired) electrons. The molecule has 0 bridgehead atoms. The molecule has 0 fully saturated rings. The maximum Gasteiger partial charge on any atom is 0.326 e. The number of aliphatic hydroxyl groups is 1. The van der Waals surface area contributed by atoms with Crippen molar-refractivity contribution in [2.45, 2.75) is 57.0 Å². The number of nitrogens with zero attached hydrogens (tertiary/aromatic N) is 1. The van der Waals surface area contributed by atoms with Gasteiger partial charge < -0.3 is 36.9 Å². The van der Waals surface area contributed by atoms with Gasteiger partial charge in [-0.25, -0.2) is 9.78 Å². The van der Waals surface area contributed by atoms with Crippen LogP contribution < -0.4 is 21.7 Å². The predicted octanol–water partition coefficient (Wildman–Crippen LogP) is -2.03. The highest BCUT2D eigenvalue weighted by Gasteiger charge is 2.30. The molecule has 1 aromatic rings. The van der Waals surface area contributed by atoms with E-state index in [9.17, 15) is 29.4 Å². The highest BCUT2D eigenvalue weighted by atomic mass is 32.2. The molecule has 174 valence electrons. The number of amides is 3. The van der Waals surface area contributed by atoms with Crippen molar-refractivity contribution in [1.82, 2.24) is 25.9 Å². The third kappa shape index (κ3) is 8.94. The van der Waals surface area contributed by atoms with Gasteiger partial charge in [-0.1, -0.05) is 0 Å². The quantitative estimate of drug-likeness (QED) is 0.174. The summed E-state index contributed by atoms with van der Waals surface area (Å²) in [4.78, 5) is 55.0. The number of nitrogens with one attached hydrogen (secondary N) is 4. The Labute approximate surface area is 184 Å². The van der Waals surface area contributed by atoms with Gasteiger partial charge in [0.15, 0.2) is 0 Å². The molecular formula is C18H30N6O6S. The SMILES string of the molecule is CSCCC(N)C(=O)NC(C(=O)NC(C)C(=O)NC(Cc1cnc[nH]1)C(=O)O)C(C)O. The van der Waals surface area contributed by atoms with Crippen molar-refractivity contribution in [2.24, 2.45) is 5.73 Å². The zero-order valence-corrected chi connectivity index (χ0v) is 18.4. The van der Waals surface area contributed by atoms with Gasteiger partial charge in [-0.3, -0.25) is 14.4 Å². The summed E-state index contributed by atoms with van der Waals surface area (Å²) in [7, 11) is 0. The second kappa shape index (κ2) is 12.9. The topological polar surface area (TPSA) is 200 Å². The molecule has 1 aromatic heterocycles. The molecule has 8 N–H and O–H groups in total. The first-order valence-electron chi connectivity index (χ1n) is 9.60. The fourth-order valence-corrected chi connectivity index (χ4v) is 3.01. The van der Waals surface area contributed by atoms with Gasteiger partial charge in [0.2, 0.25) is 17.7 Å². The molecule has 13 heteroatoms. The number of hydrogen-bond donors (Lipinski definition) is 7. The highest BCUT2D eigenvalue weighted by Crippen LogP contribution is 2.02. The number of aromatic amines is 1. The molecule has 31 heavy (non-hydrogen) atoms. The Morgan fingerprint density at radius 2 is 1.84 bits per heavy atom. The third-order valence-corrected chi connectivity index (χ3v) is 5.02. The zero-order chi connectivity index (χ0) is 23.6. The molecule has 0 aromatic carbocycles. The van der Waals surface area contributed by atoms with E-state index in [1.54, 1.807) is 0 Å². The molecule has 0 spiro atoms. The van der Waals surface area contributed by atoms with E-state index in [4.69, 9.17) is 5.73 Å². The van der Waals surface area contributed by atoms with E-state index in [1.807, 2.05) is 6.26 Å². The van der Waals surface area contributed by atoms with Crippen LogP contribution in [0.2, 0.25) is 0 Å². The standard InChI is InChI=1S/C18H30N6O6S/c1-9(15(26)23-13(18(29)30)6-11-7-20-8-21-11)22-17(28)14(10(2)25)24-16(27)12(19)4-5-31-3/h7-10,12-14,25H,4-6,19H2,1-3H3,(H,20,21)(H,22,28)(H,23,26)(H,24,27)(H,29,30). The van der Waals surface area contributed by atoms with Gasteiger partial charge >= 0.3 is 5.97 Å². The van der Waals surface area contributed by atoms with Crippen LogP contribution in [0, 0.1) is 0 Å². The number of carboxylic acid groups (broad SMARTS) is 1. The van der Waals surface area contributed by atoms with Crippen LogP contribution in [-0.4, -0.2) is 86.2 Å². The molecule has 5 atom stereocenters. The van der Waals surface area contributed by atoms with Crippen LogP contribution in [0.5, 0.6) is 0 Å². The first-order chi connectivity index (χ1) is 14.6. The van der Waals surface area contributed by atoms with Crippen LogP contribution in [0.4, 0.5) is 0 Å². The van der Waals surface area contributed by atoms with E-state index in [-0.39, 0.29) is 6.42 Å². The molecule has 0 saturated heterocycles. The minimum Gasteiger partial charge on any atom is -0.480 e. The Morgan fingerprint density at radius 3 is 2.35 bits per heavy atom. The van der Waals surface area contributed by atoms with Gasteiger partial charge in [-0.2, -0.15) is 11.8 Å². The van der Waals surface area contributed by atoms with Crippen LogP contribution in [0.25, 0.3) is 0 Å². The van der Waals surface area contributed by atoms with Crippen molar-refractivity contribution >= 4 is 35.5 Å². The van der Waals surface area contributed by atoms with E-state index in [1.165, 1.54) is 38.1 Å². The summed E-state index contributed by atoms with van der Waals surface area (Å²) in [6, 6.07) is -4.54. The normalized spacial score (nSPS) is 15.8. The Kier molecular flexibility index (Phi) is 11.0. The lowest BCUT2D eigenvalue weighted by Crippen LogP contribution is -2.59. The van der Waals surface area contributed by atoms with Crippen molar-refractivity contribution in [2.75, 3.05) is 12.0 Å². The first kappa shape index (κ1) is 26.4. The van der Waals surface area contributed by atoms with Crippen LogP contribution in [0.15, 0.2) is 12.5 Å². The first-order valence-corrected chi connectivity index (χ1v) is 11.0. The Hall–Kier alpha value is -2.64. The summed E-state index contributed by atoms with van der Waals surface area (Å²) in [5.41, 5.74) is 6.29. The smallest absolute Gasteiger partial charge is 0.326 e. The van der Waals surface area contributed by atoms with Gasteiger partial charge in [-0.05, 0) is 32.3 Å². The summed E-state index contributed by atoms with van der Waals surface area (Å²) in [6.45, 7) is 2.67. The number of carbonyl (C=O) groups is 4. The van der Waals surface area contributed by atoms with Gasteiger partial charge in [0.25, 0.3) is 0 Å². The van der Waals surface area contributed by atoms with Crippen molar-refractivity contribution in [1.29, 1.82) is 0 Å². The molecule has 0 aliphatic heterocycles. The lowest BCUT2D eigenvalue weighted by molar-refractivity contribution is -0.142. The van der Waals surface area contributed by atoms with Crippen molar-refractivity contribution in [3.8, 4) is 0 Å². The fraction of sp³-hybridized carbons (Fsp3) is 0.611. The largest absolute Gasteiger partial charge is 0.480 e. The Morgan fingerprint density at radius 1 is 1.16 bits per heavy atom. The number of hydrogen-bond acceptors (Lipinski definition) is 8. The van der Waals surface area contributed by atoms with E-state index in [0.29, 0.717) is 17.9 Å². The van der Waals surface area contributed by atoms with Crippen LogP contribution >= 0.6 is 11.8 Å². The number of aliphatic carboxylic acids is 1. The summed E-state index contributed by atoms with van der Waals surface area (Å²) in [6.07, 6.45) is 3.81. The van der Waals surface area contributed by atoms with Gasteiger partial charge in [-0.15, -0.1) is 0 Å². The average molecular weight is 459 g/mol. The number of carbonyl (C=O) groups excluding carboxylic acids is 3. The summed E-state index contributed by atoms with van der Waals surface area (Å²) in [5, 5.41) is 26.3. The lowest BCUT2D eigenvalue weighted by Gasteiger charge is -2.25. The van der Waals surface area contributed by atoms with E-state index in [0.717, 1.165) is 0 Å². The molecule has 0 saturated carbocycles. The number of H-pyrrole nitrogens is 1. The van der Waals surface area contributed by atoms with Crippen LogP contribution in [0.1, 0.15) is 26.0 Å². The van der Waals surface area contributed by atoms with Crippen molar-refractivity contribution in [3.63, 3.8) is 0 Å². The zero-order valence-electron chi connectivity index (χ0n) is 17.6. The summed E-state index contributed by atoms with van der Waals surface area (Å²) in [5.74, 6) is -2.75. The van der Waals surface area contributed by atoms with Crippen molar-refractivity contribution in [3.05, 3.63) is 18.2 Å². The molecule has 0 aliphatic rings. The monoisotopic (exact) mass is 458 g/mol. The predicted molar refractivity (Wildman–Crippen MR) is 114 cm³/mol. The lowest BCUT2D eigenvalue weighted by atomic mass is 10.1. The maximum absolute atomic E-state index is 12.5. The molecule has 1 heterocycles. The number of aliphatic hydroxyl groups excluding tert-OH is 1. The number of imidazole rings is 1. The molecule has 3 amide bonds. The van der Waals surface area contributed by atoms with E-state index >= 15 is 0 Å². The summed E-state index contributed by atoms with van der Waals surface area (Å²) >= 11 is 1.52. The molecule has 12 nitrogen and oxygen atoms in total. The third-order valence-electron chi connectivity index (χ3n) is 4.38. The van der Waals surface area contributed by atoms with Crippen molar-refractivity contribution < 1.29 is 29.4 Å². The minimum atomic E-state index is -1.33. The Bertz CT molecular complexity index is 744. The number of aromatic nitrogens is 2. The van der Waals surface area contributed by atoms with E-state index in [2.05, 4.69) is 25.9 Å². The second-order valence-electron chi connectivity index (χ2n) is 7.03.